The molecule has 42 heavy (non-hydrogen) atoms. The van der Waals surface area contributed by atoms with Crippen LogP contribution in [0.25, 0.3) is 0 Å². The average molecular weight is 578 g/mol. The predicted molar refractivity (Wildman–Crippen MR) is 157 cm³/mol. The molecule has 8 atom stereocenters. The molecule has 8 nitrogen and oxygen atoms in total. The third-order valence-corrected chi connectivity index (χ3v) is 13.5. The number of hydrogen-bond donors (Lipinski definition) is 3. The van der Waals surface area contributed by atoms with Crippen LogP contribution in [0.4, 0.5) is 0 Å². The fourth-order valence-corrected chi connectivity index (χ4v) is 10.4. The van der Waals surface area contributed by atoms with E-state index < -0.39 is 38.6 Å². The number of allylic oxidation sites excluding steroid dienone is 3. The molecule has 0 aliphatic heterocycles. The van der Waals surface area contributed by atoms with Crippen molar-refractivity contribution in [2.45, 2.75) is 99.0 Å². The molecule has 8 heteroatoms. The maximum Gasteiger partial charge on any atom is 0.239 e. The van der Waals surface area contributed by atoms with E-state index in [4.69, 9.17) is 0 Å². The fraction of sp³-hybridized carbons (Fsp3) is 0.735. The minimum atomic E-state index is -1.69. The van der Waals surface area contributed by atoms with E-state index in [0.717, 1.165) is 18.4 Å². The van der Waals surface area contributed by atoms with Crippen molar-refractivity contribution in [1.29, 1.82) is 5.26 Å². The number of carbonyl (C=O) groups excluding carboxylic acids is 4. The summed E-state index contributed by atoms with van der Waals surface area (Å²) in [5.41, 5.74) is -4.60. The monoisotopic (exact) mass is 577 g/mol. The number of aliphatic hydroxyl groups is 1. The fourth-order valence-electron chi connectivity index (χ4n) is 10.4. The van der Waals surface area contributed by atoms with Crippen molar-refractivity contribution in [1.82, 2.24) is 10.6 Å². The Hall–Kier alpha value is -2.79. The molecule has 5 aliphatic rings. The summed E-state index contributed by atoms with van der Waals surface area (Å²) in [5, 5.41) is 28.2. The molecule has 3 N–H and O–H groups in total. The maximum atomic E-state index is 14.5. The van der Waals surface area contributed by atoms with Crippen molar-refractivity contribution < 1.29 is 24.3 Å². The van der Waals surface area contributed by atoms with Gasteiger partial charge < -0.3 is 15.7 Å². The first-order valence-corrected chi connectivity index (χ1v) is 15.5. The molecular formula is C34H47N3O5. The Morgan fingerprint density at radius 2 is 1.64 bits per heavy atom. The molecule has 5 rings (SSSR count). The lowest BCUT2D eigenvalue weighted by Gasteiger charge is -2.71. The van der Waals surface area contributed by atoms with E-state index in [2.05, 4.69) is 44.4 Å². The van der Waals surface area contributed by atoms with E-state index in [-0.39, 0.29) is 46.8 Å². The van der Waals surface area contributed by atoms with Gasteiger partial charge in [-0.25, -0.2) is 0 Å². The van der Waals surface area contributed by atoms with Gasteiger partial charge in [0.15, 0.2) is 11.6 Å². The number of nitriles is 1. The highest BCUT2D eigenvalue weighted by Gasteiger charge is 2.75. The van der Waals surface area contributed by atoms with Crippen LogP contribution in [-0.2, 0) is 19.2 Å². The van der Waals surface area contributed by atoms with E-state index in [1.165, 1.54) is 7.05 Å². The van der Waals surface area contributed by atoms with E-state index in [0.29, 0.717) is 32.1 Å². The Morgan fingerprint density at radius 3 is 2.26 bits per heavy atom. The van der Waals surface area contributed by atoms with Gasteiger partial charge in [0.2, 0.25) is 11.8 Å². The van der Waals surface area contributed by atoms with Crippen molar-refractivity contribution >= 4 is 23.4 Å². The molecule has 5 aliphatic carbocycles. The molecule has 3 fully saturated rings. The zero-order valence-electron chi connectivity index (χ0n) is 26.5. The lowest BCUT2D eigenvalue weighted by molar-refractivity contribution is -0.242. The Morgan fingerprint density at radius 1 is 1.00 bits per heavy atom. The molecule has 0 bridgehead atoms. The number of likely N-dealkylation sites (N-methyl/N-ethyl adjacent to an activating group) is 1. The molecule has 228 valence electrons. The van der Waals surface area contributed by atoms with E-state index >= 15 is 0 Å². The third kappa shape index (κ3) is 3.61. The second-order valence-corrected chi connectivity index (χ2v) is 15.8. The van der Waals surface area contributed by atoms with Crippen molar-refractivity contribution in [3.8, 4) is 6.07 Å². The average Bonchev–Trinajstić information content (AvgIpc) is 2.93. The van der Waals surface area contributed by atoms with Gasteiger partial charge in [-0.1, -0.05) is 54.5 Å². The molecular weight excluding hydrogens is 530 g/mol. The third-order valence-electron chi connectivity index (χ3n) is 13.5. The number of ketones is 2. The lowest BCUT2D eigenvalue weighted by atomic mass is 9.33. The Kier molecular flexibility index (Phi) is 6.65. The quantitative estimate of drug-likeness (QED) is 0.460. The minimum absolute atomic E-state index is 0.0765. The van der Waals surface area contributed by atoms with Crippen molar-refractivity contribution in [2.24, 2.45) is 44.3 Å². The first-order valence-electron chi connectivity index (χ1n) is 15.5. The summed E-state index contributed by atoms with van der Waals surface area (Å²) in [6, 6.07) is 2.13. The number of fused-ring (bicyclic) bond motifs is 7. The summed E-state index contributed by atoms with van der Waals surface area (Å²) in [6.07, 6.45) is 8.06. The van der Waals surface area contributed by atoms with Gasteiger partial charge >= 0.3 is 0 Å². The van der Waals surface area contributed by atoms with Gasteiger partial charge in [0.05, 0.1) is 12.1 Å². The SMILES string of the molecule is CNC(=O)CNC(=O)[C@@]1(C)CC[C@]2(C)CC[C@@]3(C)[C@]4(C)CC[C@H]5C(C)(C)C(=O)C(C#N)=C[C@]5(C)C4=CC(=O)[C@]3(O)[C@@H]2C1. The second-order valence-electron chi connectivity index (χ2n) is 15.8. The number of rotatable bonds is 3. The molecule has 0 aromatic carbocycles. The van der Waals surface area contributed by atoms with Gasteiger partial charge in [-0.3, -0.25) is 19.2 Å². The molecule has 3 saturated carbocycles. The summed E-state index contributed by atoms with van der Waals surface area (Å²) >= 11 is 0. The first-order chi connectivity index (χ1) is 19.3. The number of Topliss-reactive ketones (excluding diaryl/α,β-unsaturated/α-hetero) is 1. The lowest BCUT2D eigenvalue weighted by Crippen LogP contribution is -2.74. The Labute approximate surface area is 249 Å². The zero-order chi connectivity index (χ0) is 31.3. The number of amides is 2. The summed E-state index contributed by atoms with van der Waals surface area (Å²) in [7, 11) is 1.52. The highest BCUT2D eigenvalue weighted by molar-refractivity contribution is 6.05. The highest BCUT2D eigenvalue weighted by atomic mass is 16.3. The molecule has 0 radical (unpaired) electrons. The standard InChI is InChI=1S/C34H47N3O5/c1-28(2)21-9-10-32(6)22(31(21,5)16-20(18-35)26(28)40)15-24(38)34(42)23-17-30(4,27(41)37-19-25(39)36-8)12-11-29(23,3)13-14-33(32,34)7/h15-16,21,23,42H,9-14,17,19H2,1-8H3,(H,36,39)(H,37,41)/t21-,23+,29+,30-,31-,32+,33-,34+/m0/s1. The predicted octanol–water partition coefficient (Wildman–Crippen LogP) is 4.18. The maximum absolute atomic E-state index is 14.5. The largest absolute Gasteiger partial charge is 0.381 e. The number of carbonyl (C=O) groups is 4. The first kappa shape index (κ1) is 30.7. The van der Waals surface area contributed by atoms with Crippen molar-refractivity contribution in [2.75, 3.05) is 13.6 Å². The molecule has 0 heterocycles. The second kappa shape index (κ2) is 9.11. The van der Waals surface area contributed by atoms with Crippen LogP contribution >= 0.6 is 0 Å². The number of nitrogens with one attached hydrogen (secondary N) is 2. The Bertz CT molecular complexity index is 1390. The topological polar surface area (TPSA) is 136 Å². The van der Waals surface area contributed by atoms with Crippen molar-refractivity contribution in [3.63, 3.8) is 0 Å². The Balaban J connectivity index is 1.62. The van der Waals surface area contributed by atoms with Crippen LogP contribution < -0.4 is 10.6 Å². The number of hydrogen-bond acceptors (Lipinski definition) is 6. The van der Waals surface area contributed by atoms with Crippen LogP contribution in [0.3, 0.4) is 0 Å². The zero-order valence-corrected chi connectivity index (χ0v) is 26.5. The van der Waals surface area contributed by atoms with Gasteiger partial charge in [-0.15, -0.1) is 0 Å². The summed E-state index contributed by atoms with van der Waals surface area (Å²) in [6.45, 7) is 14.1. The molecule has 2 amide bonds. The van der Waals surface area contributed by atoms with Crippen LogP contribution in [0.15, 0.2) is 23.3 Å². The molecule has 0 saturated heterocycles. The smallest absolute Gasteiger partial charge is 0.239 e. The molecule has 0 aromatic rings. The van der Waals surface area contributed by atoms with E-state index in [9.17, 15) is 29.5 Å². The summed E-state index contributed by atoms with van der Waals surface area (Å²) in [4.78, 5) is 53.1. The molecule has 0 unspecified atom stereocenters. The number of nitrogens with zero attached hydrogens (tertiary/aromatic N) is 1. The van der Waals surface area contributed by atoms with Gasteiger partial charge in [-0.05, 0) is 73.3 Å². The summed E-state index contributed by atoms with van der Waals surface area (Å²) < 4.78 is 0. The van der Waals surface area contributed by atoms with Crippen LogP contribution in [-0.4, -0.2) is 47.7 Å². The van der Waals surface area contributed by atoms with E-state index in [1.54, 1.807) is 12.2 Å². The summed E-state index contributed by atoms with van der Waals surface area (Å²) in [5.74, 6) is -1.51. The van der Waals surface area contributed by atoms with Crippen LogP contribution in [0, 0.1) is 55.7 Å². The van der Waals surface area contributed by atoms with E-state index in [1.807, 2.05) is 20.8 Å². The van der Waals surface area contributed by atoms with Crippen LogP contribution in [0.2, 0.25) is 0 Å². The highest BCUT2D eigenvalue weighted by Crippen LogP contribution is 2.75. The molecule has 0 aromatic heterocycles. The van der Waals surface area contributed by atoms with Gasteiger partial charge in [0.1, 0.15) is 11.7 Å². The van der Waals surface area contributed by atoms with Crippen molar-refractivity contribution in [3.05, 3.63) is 23.3 Å². The van der Waals surface area contributed by atoms with Gasteiger partial charge in [-0.2, -0.15) is 5.26 Å². The normalized spacial score (nSPS) is 45.5. The van der Waals surface area contributed by atoms with Gasteiger partial charge in [0, 0.05) is 34.6 Å². The van der Waals surface area contributed by atoms with Gasteiger partial charge in [0.25, 0.3) is 0 Å². The minimum Gasteiger partial charge on any atom is -0.381 e. The molecule has 0 spiro atoms. The van der Waals surface area contributed by atoms with Crippen LogP contribution in [0.5, 0.6) is 0 Å². The van der Waals surface area contributed by atoms with Crippen LogP contribution in [0.1, 0.15) is 93.4 Å².